The third kappa shape index (κ3) is 5.17. The Morgan fingerprint density at radius 1 is 1.24 bits per heavy atom. The number of carbonyl (C=O) groups is 2. The van der Waals surface area contributed by atoms with Crippen molar-refractivity contribution in [1.82, 2.24) is 10.6 Å². The van der Waals surface area contributed by atoms with Crippen LogP contribution in [0.3, 0.4) is 0 Å². The summed E-state index contributed by atoms with van der Waals surface area (Å²) in [6, 6.07) is -0.737. The maximum atomic E-state index is 11.7. The van der Waals surface area contributed by atoms with Crippen molar-refractivity contribution < 1.29 is 9.59 Å². The number of nitrogens with two attached hydrogens (primary N) is 1. The molecule has 0 radical (unpaired) electrons. The van der Waals surface area contributed by atoms with E-state index in [1.165, 1.54) is 0 Å². The molecule has 2 atom stereocenters. The molecular weight excluding hydrogens is 218 g/mol. The van der Waals surface area contributed by atoms with Crippen molar-refractivity contribution >= 4 is 11.8 Å². The Kier molecular flexibility index (Phi) is 4.93. The molecule has 1 unspecified atom stereocenters. The van der Waals surface area contributed by atoms with Crippen LogP contribution in [0.15, 0.2) is 0 Å². The highest BCUT2D eigenvalue weighted by atomic mass is 16.2. The van der Waals surface area contributed by atoms with Gasteiger partial charge in [0.25, 0.3) is 0 Å². The Hall–Kier alpha value is -1.10. The lowest BCUT2D eigenvalue weighted by atomic mass is 10.0. The third-order valence-electron chi connectivity index (χ3n) is 2.74. The lowest BCUT2D eigenvalue weighted by Gasteiger charge is -2.18. The van der Waals surface area contributed by atoms with Crippen LogP contribution in [0.25, 0.3) is 0 Å². The molecule has 1 saturated carbocycles. The Labute approximate surface area is 103 Å². The standard InChI is InChI=1S/C12H23N3O2/c1-7(2)6-10(13)12(17)14-8(3)11(16)15-9-4-5-9/h7-10H,4-6,13H2,1-3H3,(H,14,17)(H,15,16)/t8?,10-/m1/s1. The van der Waals surface area contributed by atoms with E-state index in [9.17, 15) is 9.59 Å². The second kappa shape index (κ2) is 6.00. The first-order valence-electron chi connectivity index (χ1n) is 6.26. The highest BCUT2D eigenvalue weighted by molar-refractivity contribution is 5.89. The summed E-state index contributed by atoms with van der Waals surface area (Å²) >= 11 is 0. The van der Waals surface area contributed by atoms with Crippen molar-refractivity contribution in [2.24, 2.45) is 11.7 Å². The Balaban J connectivity index is 2.30. The first-order valence-corrected chi connectivity index (χ1v) is 6.26. The molecule has 0 heterocycles. The van der Waals surface area contributed by atoms with Gasteiger partial charge in [-0.05, 0) is 32.1 Å². The van der Waals surface area contributed by atoms with Gasteiger partial charge in [-0.3, -0.25) is 9.59 Å². The largest absolute Gasteiger partial charge is 0.352 e. The van der Waals surface area contributed by atoms with Crippen LogP contribution in [0, 0.1) is 5.92 Å². The van der Waals surface area contributed by atoms with Crippen molar-refractivity contribution in [1.29, 1.82) is 0 Å². The molecule has 0 saturated heterocycles. The van der Waals surface area contributed by atoms with E-state index in [0.29, 0.717) is 18.4 Å². The van der Waals surface area contributed by atoms with Crippen LogP contribution in [-0.2, 0) is 9.59 Å². The summed E-state index contributed by atoms with van der Waals surface area (Å²) in [6.45, 7) is 5.70. The Morgan fingerprint density at radius 3 is 2.29 bits per heavy atom. The van der Waals surface area contributed by atoms with Gasteiger partial charge < -0.3 is 16.4 Å². The quantitative estimate of drug-likeness (QED) is 0.618. The van der Waals surface area contributed by atoms with E-state index in [1.807, 2.05) is 13.8 Å². The maximum Gasteiger partial charge on any atom is 0.242 e. The van der Waals surface area contributed by atoms with Crippen molar-refractivity contribution in [3.63, 3.8) is 0 Å². The summed E-state index contributed by atoms with van der Waals surface area (Å²) in [6.07, 6.45) is 2.71. The van der Waals surface area contributed by atoms with E-state index in [-0.39, 0.29) is 11.8 Å². The zero-order valence-corrected chi connectivity index (χ0v) is 10.8. The minimum Gasteiger partial charge on any atom is -0.352 e. The van der Waals surface area contributed by atoms with Crippen molar-refractivity contribution in [2.75, 3.05) is 0 Å². The average molecular weight is 241 g/mol. The van der Waals surface area contributed by atoms with Gasteiger partial charge in [-0.25, -0.2) is 0 Å². The molecule has 5 heteroatoms. The van der Waals surface area contributed by atoms with E-state index in [0.717, 1.165) is 12.8 Å². The number of hydrogen-bond donors (Lipinski definition) is 3. The number of hydrogen-bond acceptors (Lipinski definition) is 3. The van der Waals surface area contributed by atoms with Crippen LogP contribution >= 0.6 is 0 Å². The summed E-state index contributed by atoms with van der Waals surface area (Å²) in [5.41, 5.74) is 5.74. The van der Waals surface area contributed by atoms with E-state index < -0.39 is 12.1 Å². The van der Waals surface area contributed by atoms with Gasteiger partial charge >= 0.3 is 0 Å². The number of rotatable bonds is 6. The van der Waals surface area contributed by atoms with Crippen LogP contribution in [0.5, 0.6) is 0 Å². The SMILES string of the molecule is CC(C)C[C@@H](N)C(=O)NC(C)C(=O)NC1CC1. The third-order valence-corrected chi connectivity index (χ3v) is 2.74. The molecule has 98 valence electrons. The van der Waals surface area contributed by atoms with Crippen LogP contribution in [0.4, 0.5) is 0 Å². The molecule has 0 aromatic carbocycles. The van der Waals surface area contributed by atoms with Crippen molar-refractivity contribution in [3.8, 4) is 0 Å². The highest BCUT2D eigenvalue weighted by Gasteiger charge is 2.27. The Morgan fingerprint density at radius 2 is 1.82 bits per heavy atom. The van der Waals surface area contributed by atoms with Gasteiger partial charge in [0.05, 0.1) is 6.04 Å². The number of nitrogens with one attached hydrogen (secondary N) is 2. The molecule has 5 nitrogen and oxygen atoms in total. The highest BCUT2D eigenvalue weighted by Crippen LogP contribution is 2.18. The molecule has 1 aliphatic rings. The van der Waals surface area contributed by atoms with Crippen molar-refractivity contribution in [2.45, 2.75) is 58.2 Å². The van der Waals surface area contributed by atoms with E-state index in [2.05, 4.69) is 10.6 Å². The van der Waals surface area contributed by atoms with Gasteiger partial charge in [0, 0.05) is 6.04 Å². The zero-order chi connectivity index (χ0) is 13.0. The predicted octanol–water partition coefficient (Wildman–Crippen LogP) is 0.143. The van der Waals surface area contributed by atoms with E-state index in [4.69, 9.17) is 5.73 Å². The lowest BCUT2D eigenvalue weighted by Crippen LogP contribution is -2.50. The number of carbonyl (C=O) groups excluding carboxylic acids is 2. The first kappa shape index (κ1) is 14.0. The van der Waals surface area contributed by atoms with Crippen LogP contribution in [0.2, 0.25) is 0 Å². The fourth-order valence-corrected chi connectivity index (χ4v) is 1.55. The zero-order valence-electron chi connectivity index (χ0n) is 10.8. The second-order valence-corrected chi connectivity index (χ2v) is 5.25. The molecule has 0 spiro atoms. The lowest BCUT2D eigenvalue weighted by molar-refractivity contribution is -0.129. The molecule has 1 fully saturated rings. The molecule has 0 bridgehead atoms. The topological polar surface area (TPSA) is 84.2 Å². The molecule has 0 aromatic heterocycles. The maximum absolute atomic E-state index is 11.7. The normalized spacial score (nSPS) is 18.6. The summed E-state index contributed by atoms with van der Waals surface area (Å²) < 4.78 is 0. The summed E-state index contributed by atoms with van der Waals surface area (Å²) in [7, 11) is 0. The Bertz CT molecular complexity index is 287. The molecule has 4 N–H and O–H groups in total. The average Bonchev–Trinajstić information content (AvgIpc) is 3.00. The number of amides is 2. The molecular formula is C12H23N3O2. The predicted molar refractivity (Wildman–Crippen MR) is 66.2 cm³/mol. The molecule has 1 rings (SSSR count). The molecule has 2 amide bonds. The molecule has 1 aliphatic carbocycles. The fourth-order valence-electron chi connectivity index (χ4n) is 1.55. The summed E-state index contributed by atoms with van der Waals surface area (Å²) in [5, 5.41) is 5.49. The van der Waals surface area contributed by atoms with Crippen LogP contribution in [0.1, 0.15) is 40.0 Å². The molecule has 0 aliphatic heterocycles. The van der Waals surface area contributed by atoms with E-state index in [1.54, 1.807) is 6.92 Å². The smallest absolute Gasteiger partial charge is 0.242 e. The summed E-state index contributed by atoms with van der Waals surface area (Å²) in [5.74, 6) is -0.0129. The van der Waals surface area contributed by atoms with Crippen LogP contribution < -0.4 is 16.4 Å². The molecule has 0 aromatic rings. The van der Waals surface area contributed by atoms with Gasteiger partial charge in [0.1, 0.15) is 6.04 Å². The van der Waals surface area contributed by atoms with Crippen LogP contribution in [-0.4, -0.2) is 29.9 Å². The minimum atomic E-state index is -0.536. The van der Waals surface area contributed by atoms with Gasteiger partial charge in [-0.15, -0.1) is 0 Å². The summed E-state index contributed by atoms with van der Waals surface area (Å²) in [4.78, 5) is 23.3. The van der Waals surface area contributed by atoms with Gasteiger partial charge in [-0.1, -0.05) is 13.8 Å². The van der Waals surface area contributed by atoms with Crippen molar-refractivity contribution in [3.05, 3.63) is 0 Å². The monoisotopic (exact) mass is 241 g/mol. The minimum absolute atomic E-state index is 0.127. The van der Waals surface area contributed by atoms with E-state index >= 15 is 0 Å². The molecule has 17 heavy (non-hydrogen) atoms. The first-order chi connectivity index (χ1) is 7.90. The second-order valence-electron chi connectivity index (χ2n) is 5.25. The van der Waals surface area contributed by atoms with Gasteiger partial charge in [0.15, 0.2) is 0 Å². The fraction of sp³-hybridized carbons (Fsp3) is 0.833. The van der Waals surface area contributed by atoms with Gasteiger partial charge in [-0.2, -0.15) is 0 Å². The van der Waals surface area contributed by atoms with Gasteiger partial charge in [0.2, 0.25) is 11.8 Å².